The summed E-state index contributed by atoms with van der Waals surface area (Å²) in [5, 5.41) is 9.42. The van der Waals surface area contributed by atoms with Gasteiger partial charge in [-0.2, -0.15) is 5.26 Å². The maximum absolute atomic E-state index is 12.0. The SMILES string of the molecule is CC(C)C1(C#N)CCCN(C(=O)OC(C)(C)C)C1. The van der Waals surface area contributed by atoms with Crippen LogP contribution < -0.4 is 0 Å². The number of rotatable bonds is 1. The van der Waals surface area contributed by atoms with Gasteiger partial charge >= 0.3 is 6.09 Å². The number of carbonyl (C=O) groups is 1. The molecule has 0 aliphatic carbocycles. The molecule has 4 heteroatoms. The van der Waals surface area contributed by atoms with E-state index in [2.05, 4.69) is 6.07 Å². The first-order valence-corrected chi connectivity index (χ1v) is 6.59. The summed E-state index contributed by atoms with van der Waals surface area (Å²) in [6.45, 7) is 10.8. The van der Waals surface area contributed by atoms with Crippen LogP contribution in [0.2, 0.25) is 0 Å². The Kier molecular flexibility index (Phi) is 4.26. The van der Waals surface area contributed by atoms with Crippen molar-refractivity contribution >= 4 is 6.09 Å². The smallest absolute Gasteiger partial charge is 0.410 e. The zero-order valence-corrected chi connectivity index (χ0v) is 12.1. The number of nitriles is 1. The second kappa shape index (κ2) is 5.17. The first-order valence-electron chi connectivity index (χ1n) is 6.59. The van der Waals surface area contributed by atoms with Crippen LogP contribution in [0.15, 0.2) is 0 Å². The van der Waals surface area contributed by atoms with E-state index in [1.54, 1.807) is 4.90 Å². The number of piperidine rings is 1. The molecule has 0 N–H and O–H groups in total. The zero-order chi connectivity index (χ0) is 14.0. The maximum atomic E-state index is 12.0. The summed E-state index contributed by atoms with van der Waals surface area (Å²) in [7, 11) is 0. The average Bonchev–Trinajstić information content (AvgIpc) is 2.26. The Hall–Kier alpha value is -1.24. The highest BCUT2D eigenvalue weighted by Crippen LogP contribution is 2.36. The van der Waals surface area contributed by atoms with Crippen LogP contribution in [0.1, 0.15) is 47.5 Å². The van der Waals surface area contributed by atoms with Crippen molar-refractivity contribution in [1.29, 1.82) is 5.26 Å². The highest BCUT2D eigenvalue weighted by molar-refractivity contribution is 5.68. The fraction of sp³-hybridized carbons (Fsp3) is 0.857. The zero-order valence-electron chi connectivity index (χ0n) is 12.1. The summed E-state index contributed by atoms with van der Waals surface area (Å²) in [6, 6.07) is 2.42. The molecule has 102 valence electrons. The quantitative estimate of drug-likeness (QED) is 0.720. The highest BCUT2D eigenvalue weighted by atomic mass is 16.6. The summed E-state index contributed by atoms with van der Waals surface area (Å²) in [5.74, 6) is 0.243. The third kappa shape index (κ3) is 3.38. The molecule has 1 heterocycles. The number of hydrogen-bond donors (Lipinski definition) is 0. The Morgan fingerprint density at radius 3 is 2.50 bits per heavy atom. The first-order chi connectivity index (χ1) is 8.20. The van der Waals surface area contributed by atoms with Crippen LogP contribution in [0, 0.1) is 22.7 Å². The molecule has 1 saturated heterocycles. The van der Waals surface area contributed by atoms with Crippen molar-refractivity contribution in [3.63, 3.8) is 0 Å². The Bertz CT molecular complexity index is 352. The van der Waals surface area contributed by atoms with Gasteiger partial charge in [0.2, 0.25) is 0 Å². The van der Waals surface area contributed by atoms with Crippen molar-refractivity contribution in [1.82, 2.24) is 4.90 Å². The van der Waals surface area contributed by atoms with Gasteiger partial charge in [-0.3, -0.25) is 0 Å². The molecule has 1 atom stereocenters. The van der Waals surface area contributed by atoms with Crippen molar-refractivity contribution in [2.24, 2.45) is 11.3 Å². The van der Waals surface area contributed by atoms with Gasteiger partial charge in [-0.1, -0.05) is 13.8 Å². The van der Waals surface area contributed by atoms with Crippen LogP contribution >= 0.6 is 0 Å². The van der Waals surface area contributed by atoms with E-state index in [1.165, 1.54) is 0 Å². The number of ether oxygens (including phenoxy) is 1. The fourth-order valence-electron chi connectivity index (χ4n) is 2.26. The number of amides is 1. The molecule has 0 aromatic heterocycles. The van der Waals surface area contributed by atoms with Crippen LogP contribution in [0.5, 0.6) is 0 Å². The highest BCUT2D eigenvalue weighted by Gasteiger charge is 2.41. The van der Waals surface area contributed by atoms with Crippen molar-refractivity contribution in [3.8, 4) is 6.07 Å². The molecule has 0 bridgehead atoms. The molecule has 0 aromatic rings. The second-order valence-corrected chi connectivity index (χ2v) is 6.43. The van der Waals surface area contributed by atoms with Gasteiger partial charge in [0.1, 0.15) is 5.60 Å². The van der Waals surface area contributed by atoms with Crippen LogP contribution in [0.4, 0.5) is 4.79 Å². The van der Waals surface area contributed by atoms with Gasteiger partial charge in [0.05, 0.1) is 11.5 Å². The van der Waals surface area contributed by atoms with Crippen LogP contribution in [0.3, 0.4) is 0 Å². The number of hydrogen-bond acceptors (Lipinski definition) is 3. The number of carbonyl (C=O) groups excluding carboxylic acids is 1. The normalized spacial score (nSPS) is 24.8. The lowest BCUT2D eigenvalue weighted by molar-refractivity contribution is 0.00596. The van der Waals surface area contributed by atoms with Gasteiger partial charge < -0.3 is 9.64 Å². The predicted octanol–water partition coefficient (Wildman–Crippen LogP) is 3.18. The molecule has 0 spiro atoms. The van der Waals surface area contributed by atoms with Gasteiger partial charge in [0.25, 0.3) is 0 Å². The summed E-state index contributed by atoms with van der Waals surface area (Å²) in [5.41, 5.74) is -0.906. The molecular weight excluding hydrogens is 228 g/mol. The molecule has 1 fully saturated rings. The average molecular weight is 252 g/mol. The van der Waals surface area contributed by atoms with Crippen molar-refractivity contribution in [3.05, 3.63) is 0 Å². The molecule has 1 rings (SSSR count). The molecular formula is C14H24N2O2. The van der Waals surface area contributed by atoms with Crippen LogP contribution in [0.25, 0.3) is 0 Å². The van der Waals surface area contributed by atoms with E-state index >= 15 is 0 Å². The summed E-state index contributed by atoms with van der Waals surface area (Å²) in [4.78, 5) is 13.7. The van der Waals surface area contributed by atoms with Crippen molar-refractivity contribution in [2.75, 3.05) is 13.1 Å². The Labute approximate surface area is 110 Å². The minimum absolute atomic E-state index is 0.243. The fourth-order valence-corrected chi connectivity index (χ4v) is 2.26. The summed E-state index contributed by atoms with van der Waals surface area (Å²) in [6.07, 6.45) is 1.42. The monoisotopic (exact) mass is 252 g/mol. The summed E-state index contributed by atoms with van der Waals surface area (Å²) < 4.78 is 5.37. The lowest BCUT2D eigenvalue weighted by Crippen LogP contribution is -2.49. The second-order valence-electron chi connectivity index (χ2n) is 6.43. The Balaban J connectivity index is 2.76. The molecule has 18 heavy (non-hydrogen) atoms. The minimum atomic E-state index is -0.484. The molecule has 0 aromatic carbocycles. The van der Waals surface area contributed by atoms with E-state index in [4.69, 9.17) is 4.74 Å². The first kappa shape index (κ1) is 14.8. The molecule has 0 saturated carbocycles. The van der Waals surface area contributed by atoms with E-state index in [9.17, 15) is 10.1 Å². The van der Waals surface area contributed by atoms with Crippen molar-refractivity contribution < 1.29 is 9.53 Å². The van der Waals surface area contributed by atoms with Gasteiger partial charge in [-0.25, -0.2) is 4.79 Å². The molecule has 1 amide bonds. The summed E-state index contributed by atoms with van der Waals surface area (Å²) >= 11 is 0. The van der Waals surface area contributed by atoms with Crippen molar-refractivity contribution in [2.45, 2.75) is 53.1 Å². The Morgan fingerprint density at radius 2 is 2.06 bits per heavy atom. The van der Waals surface area contributed by atoms with E-state index < -0.39 is 11.0 Å². The van der Waals surface area contributed by atoms with E-state index in [-0.39, 0.29) is 12.0 Å². The number of nitrogens with zero attached hydrogens (tertiary/aromatic N) is 2. The van der Waals surface area contributed by atoms with E-state index in [0.29, 0.717) is 13.1 Å². The third-order valence-corrected chi connectivity index (χ3v) is 3.50. The van der Waals surface area contributed by atoms with E-state index in [1.807, 2.05) is 34.6 Å². The molecule has 1 unspecified atom stereocenters. The lowest BCUT2D eigenvalue weighted by atomic mass is 9.72. The minimum Gasteiger partial charge on any atom is -0.444 e. The van der Waals surface area contributed by atoms with Gasteiger partial charge in [-0.15, -0.1) is 0 Å². The van der Waals surface area contributed by atoms with E-state index in [0.717, 1.165) is 12.8 Å². The standard InChI is InChI=1S/C14H24N2O2/c1-11(2)14(9-15)7-6-8-16(10-14)12(17)18-13(3,4)5/h11H,6-8,10H2,1-5H3. The van der Waals surface area contributed by atoms with Gasteiger partial charge in [0, 0.05) is 13.1 Å². The maximum Gasteiger partial charge on any atom is 0.410 e. The Morgan fingerprint density at radius 1 is 1.44 bits per heavy atom. The van der Waals surface area contributed by atoms with Crippen LogP contribution in [-0.4, -0.2) is 29.7 Å². The predicted molar refractivity (Wildman–Crippen MR) is 69.9 cm³/mol. The molecule has 4 nitrogen and oxygen atoms in total. The van der Waals surface area contributed by atoms with Crippen LogP contribution in [-0.2, 0) is 4.74 Å². The molecule has 1 aliphatic rings. The lowest BCUT2D eigenvalue weighted by Gasteiger charge is -2.41. The number of likely N-dealkylation sites (tertiary alicyclic amines) is 1. The molecule has 1 aliphatic heterocycles. The van der Waals surface area contributed by atoms with Gasteiger partial charge in [0.15, 0.2) is 0 Å². The third-order valence-electron chi connectivity index (χ3n) is 3.50. The molecule has 0 radical (unpaired) electrons. The largest absolute Gasteiger partial charge is 0.444 e. The van der Waals surface area contributed by atoms with Gasteiger partial charge in [-0.05, 0) is 39.5 Å². The topological polar surface area (TPSA) is 53.3 Å².